The van der Waals surface area contributed by atoms with Crippen molar-refractivity contribution in [2.24, 2.45) is 5.92 Å². The molecule has 1 aromatic heterocycles. The highest BCUT2D eigenvalue weighted by molar-refractivity contribution is 5.42. The smallest absolute Gasteiger partial charge is 0.231 e. The van der Waals surface area contributed by atoms with Gasteiger partial charge >= 0.3 is 0 Å². The molecule has 0 amide bonds. The molecule has 21 heavy (non-hydrogen) atoms. The van der Waals surface area contributed by atoms with Gasteiger partial charge in [-0.3, -0.25) is 0 Å². The lowest BCUT2D eigenvalue weighted by Gasteiger charge is -2.14. The molecule has 7 nitrogen and oxygen atoms in total. The Labute approximate surface area is 127 Å². The lowest BCUT2D eigenvalue weighted by Crippen LogP contribution is -2.19. The number of rotatable bonds is 10. The summed E-state index contributed by atoms with van der Waals surface area (Å²) in [6.07, 6.45) is 1.02. The van der Waals surface area contributed by atoms with Crippen LogP contribution in [0.25, 0.3) is 0 Å². The average molecular weight is 296 g/mol. The SMILES string of the molecule is CCCNc1nc(NCCOCC(C)C)nc(N(C)C)n1. The molecular formula is C14H28N6O. The molecule has 0 aromatic carbocycles. The van der Waals surface area contributed by atoms with Crippen molar-refractivity contribution in [3.8, 4) is 0 Å². The van der Waals surface area contributed by atoms with Gasteiger partial charge in [0.05, 0.1) is 6.61 Å². The third kappa shape index (κ3) is 7.08. The predicted molar refractivity (Wildman–Crippen MR) is 87.1 cm³/mol. The Bertz CT molecular complexity index is 410. The van der Waals surface area contributed by atoms with E-state index in [0.717, 1.165) is 19.6 Å². The van der Waals surface area contributed by atoms with Crippen molar-refractivity contribution in [2.45, 2.75) is 27.2 Å². The van der Waals surface area contributed by atoms with Crippen LogP contribution in [0.1, 0.15) is 27.2 Å². The van der Waals surface area contributed by atoms with Crippen LogP contribution in [0.2, 0.25) is 0 Å². The highest BCUT2D eigenvalue weighted by atomic mass is 16.5. The topological polar surface area (TPSA) is 75.2 Å². The van der Waals surface area contributed by atoms with Gasteiger partial charge < -0.3 is 20.3 Å². The van der Waals surface area contributed by atoms with Crippen LogP contribution in [-0.2, 0) is 4.74 Å². The summed E-state index contributed by atoms with van der Waals surface area (Å²) in [5, 5.41) is 6.36. The fourth-order valence-corrected chi connectivity index (χ4v) is 1.51. The second kappa shape index (κ2) is 9.33. The number of hydrogen-bond acceptors (Lipinski definition) is 7. The highest BCUT2D eigenvalue weighted by Crippen LogP contribution is 2.11. The van der Waals surface area contributed by atoms with Crippen LogP contribution >= 0.6 is 0 Å². The van der Waals surface area contributed by atoms with Crippen molar-refractivity contribution in [3.05, 3.63) is 0 Å². The highest BCUT2D eigenvalue weighted by Gasteiger charge is 2.07. The second-order valence-corrected chi connectivity index (χ2v) is 5.50. The van der Waals surface area contributed by atoms with Gasteiger partial charge in [0, 0.05) is 33.8 Å². The number of aromatic nitrogens is 3. The van der Waals surface area contributed by atoms with E-state index in [9.17, 15) is 0 Å². The normalized spacial score (nSPS) is 10.8. The number of nitrogens with one attached hydrogen (secondary N) is 2. The summed E-state index contributed by atoms with van der Waals surface area (Å²) < 4.78 is 5.53. The lowest BCUT2D eigenvalue weighted by atomic mass is 10.2. The fourth-order valence-electron chi connectivity index (χ4n) is 1.51. The van der Waals surface area contributed by atoms with Gasteiger partial charge in [-0.05, 0) is 12.3 Å². The van der Waals surface area contributed by atoms with E-state index in [4.69, 9.17) is 4.74 Å². The maximum absolute atomic E-state index is 5.53. The maximum Gasteiger partial charge on any atom is 0.231 e. The molecule has 1 rings (SSSR count). The summed E-state index contributed by atoms with van der Waals surface area (Å²) in [4.78, 5) is 14.9. The number of ether oxygens (including phenoxy) is 1. The van der Waals surface area contributed by atoms with Crippen molar-refractivity contribution in [1.82, 2.24) is 15.0 Å². The molecule has 1 aromatic rings. The molecule has 120 valence electrons. The molecule has 0 unspecified atom stereocenters. The minimum atomic E-state index is 0.548. The van der Waals surface area contributed by atoms with Crippen LogP contribution in [0.5, 0.6) is 0 Å². The van der Waals surface area contributed by atoms with Crippen molar-refractivity contribution in [1.29, 1.82) is 0 Å². The molecule has 0 aliphatic heterocycles. The molecule has 0 saturated heterocycles. The lowest BCUT2D eigenvalue weighted by molar-refractivity contribution is 0.118. The maximum atomic E-state index is 5.53. The van der Waals surface area contributed by atoms with Crippen LogP contribution in [-0.4, -0.2) is 55.4 Å². The van der Waals surface area contributed by atoms with Crippen LogP contribution in [0.4, 0.5) is 17.8 Å². The molecule has 0 aliphatic rings. The van der Waals surface area contributed by atoms with Gasteiger partial charge in [0.25, 0.3) is 0 Å². The molecule has 0 saturated carbocycles. The first-order valence-electron chi connectivity index (χ1n) is 7.51. The van der Waals surface area contributed by atoms with Crippen molar-refractivity contribution >= 4 is 17.8 Å². The van der Waals surface area contributed by atoms with E-state index in [1.807, 2.05) is 19.0 Å². The van der Waals surface area contributed by atoms with E-state index in [-0.39, 0.29) is 0 Å². The van der Waals surface area contributed by atoms with Gasteiger partial charge in [-0.25, -0.2) is 0 Å². The second-order valence-electron chi connectivity index (χ2n) is 5.50. The summed E-state index contributed by atoms with van der Waals surface area (Å²) in [5.74, 6) is 2.35. The van der Waals surface area contributed by atoms with E-state index >= 15 is 0 Å². The van der Waals surface area contributed by atoms with Crippen LogP contribution in [0.3, 0.4) is 0 Å². The zero-order valence-corrected chi connectivity index (χ0v) is 13.8. The molecule has 2 N–H and O–H groups in total. The molecule has 0 fully saturated rings. The van der Waals surface area contributed by atoms with Gasteiger partial charge in [0.2, 0.25) is 17.8 Å². The summed E-state index contributed by atoms with van der Waals surface area (Å²) in [5.41, 5.74) is 0. The van der Waals surface area contributed by atoms with Gasteiger partial charge in [0.15, 0.2) is 0 Å². The summed E-state index contributed by atoms with van der Waals surface area (Å²) in [6.45, 7) is 9.30. The molecular weight excluding hydrogens is 268 g/mol. The van der Waals surface area contributed by atoms with Crippen LogP contribution in [0.15, 0.2) is 0 Å². The molecule has 1 heterocycles. The quantitative estimate of drug-likeness (QED) is 0.638. The zero-order valence-electron chi connectivity index (χ0n) is 13.8. The summed E-state index contributed by atoms with van der Waals surface area (Å²) in [7, 11) is 3.82. The first-order valence-corrected chi connectivity index (χ1v) is 7.51. The fraction of sp³-hybridized carbons (Fsp3) is 0.786. The Balaban J connectivity index is 2.56. The number of anilines is 3. The van der Waals surface area contributed by atoms with E-state index in [1.165, 1.54) is 0 Å². The van der Waals surface area contributed by atoms with Gasteiger partial charge in [-0.15, -0.1) is 0 Å². The minimum Gasteiger partial charge on any atom is -0.379 e. The Morgan fingerprint density at radius 2 is 1.67 bits per heavy atom. The molecule has 0 spiro atoms. The largest absolute Gasteiger partial charge is 0.379 e. The van der Waals surface area contributed by atoms with Crippen molar-refractivity contribution in [2.75, 3.05) is 55.9 Å². The molecule has 0 aliphatic carbocycles. The van der Waals surface area contributed by atoms with Gasteiger partial charge in [-0.1, -0.05) is 20.8 Å². The van der Waals surface area contributed by atoms with Gasteiger partial charge in [0.1, 0.15) is 0 Å². The van der Waals surface area contributed by atoms with Crippen LogP contribution in [0, 0.1) is 5.92 Å². The average Bonchev–Trinajstić information content (AvgIpc) is 2.44. The predicted octanol–water partition coefficient (Wildman–Crippen LogP) is 1.84. The third-order valence-electron chi connectivity index (χ3n) is 2.54. The zero-order chi connectivity index (χ0) is 15.7. The van der Waals surface area contributed by atoms with E-state index in [2.05, 4.69) is 46.4 Å². The minimum absolute atomic E-state index is 0.548. The first kappa shape index (κ1) is 17.4. The number of nitrogens with zero attached hydrogens (tertiary/aromatic N) is 4. The summed E-state index contributed by atoms with van der Waals surface area (Å²) in [6, 6.07) is 0. The van der Waals surface area contributed by atoms with E-state index in [0.29, 0.717) is 36.9 Å². The Kier molecular flexibility index (Phi) is 7.74. The van der Waals surface area contributed by atoms with E-state index in [1.54, 1.807) is 0 Å². The third-order valence-corrected chi connectivity index (χ3v) is 2.54. The molecule has 7 heteroatoms. The van der Waals surface area contributed by atoms with E-state index < -0.39 is 0 Å². The summed E-state index contributed by atoms with van der Waals surface area (Å²) >= 11 is 0. The van der Waals surface area contributed by atoms with Crippen molar-refractivity contribution in [3.63, 3.8) is 0 Å². The first-order chi connectivity index (χ1) is 10.0. The number of hydrogen-bond donors (Lipinski definition) is 2. The monoisotopic (exact) mass is 296 g/mol. The molecule has 0 bridgehead atoms. The Morgan fingerprint density at radius 3 is 2.19 bits per heavy atom. The van der Waals surface area contributed by atoms with Gasteiger partial charge in [-0.2, -0.15) is 15.0 Å². The van der Waals surface area contributed by atoms with Crippen molar-refractivity contribution < 1.29 is 4.74 Å². The molecule has 0 radical (unpaired) electrons. The Morgan fingerprint density at radius 1 is 1.05 bits per heavy atom. The standard InChI is InChI=1S/C14H28N6O/c1-6-7-15-12-17-13(19-14(18-12)20(4)5)16-8-9-21-10-11(2)3/h11H,6-10H2,1-5H3,(H2,15,16,17,18,19). The van der Waals surface area contributed by atoms with Crippen LogP contribution < -0.4 is 15.5 Å². The Hall–Kier alpha value is -1.63. The molecule has 0 atom stereocenters.